The molecular weight excluding hydrogens is 1370 g/mol. The molecule has 23 heteroatoms. The number of nitrogens with one attached hydrogen (secondary N) is 1. The minimum atomic E-state index is -5.87. The molecule has 478 valence electrons. The smallest absolute Gasteiger partial charge is 0.414 e. The fraction of sp³-hybridized carbons (Fsp3) is 0. The summed E-state index contributed by atoms with van der Waals surface area (Å²) in [5, 5.41) is 17.6. The third kappa shape index (κ3) is 13.1. The van der Waals surface area contributed by atoms with Gasteiger partial charge in [-0.2, -0.15) is 15.6 Å². The molecule has 0 aliphatic carbocycles. The molecule has 95 heavy (non-hydrogen) atoms. The average molecular weight is 1410 g/mol. The van der Waals surface area contributed by atoms with Gasteiger partial charge in [-0.1, -0.05) is 255 Å². The van der Waals surface area contributed by atoms with Gasteiger partial charge in [0, 0.05) is 0 Å². The van der Waals surface area contributed by atoms with Crippen molar-refractivity contribution in [2.24, 2.45) is 5.84 Å². The molecule has 0 fully saturated rings. The molecule has 0 aliphatic rings. The molecule has 3 N–H and O–H groups in total. The van der Waals surface area contributed by atoms with E-state index in [9.17, 15) is 65.9 Å². The van der Waals surface area contributed by atoms with Crippen LogP contribution in [0.2, 0.25) is 0 Å². The van der Waals surface area contributed by atoms with E-state index in [1.807, 2.05) is 0 Å². The zero-order valence-electron chi connectivity index (χ0n) is 48.8. The second-order valence-corrected chi connectivity index (χ2v) is 29.9. The van der Waals surface area contributed by atoms with Crippen molar-refractivity contribution in [2.75, 3.05) is 0 Å². The van der Waals surface area contributed by atoms with Crippen LogP contribution in [-0.2, 0) is 17.1 Å². The molecule has 0 unspecified atom stereocenters. The predicted molar refractivity (Wildman–Crippen MR) is 351 cm³/mol. The zero-order valence-corrected chi connectivity index (χ0v) is 53.6. The molecule has 12 aromatic rings. The van der Waals surface area contributed by atoms with Crippen molar-refractivity contribution in [3.63, 3.8) is 0 Å². The van der Waals surface area contributed by atoms with E-state index < -0.39 is 142 Å². The van der Waals surface area contributed by atoms with Crippen LogP contribution in [0.4, 0.5) is 65.9 Å². The van der Waals surface area contributed by atoms with Gasteiger partial charge in [-0.05, 0) is 71.5 Å². The van der Waals surface area contributed by atoms with Crippen LogP contribution in [0, 0.1) is 87.3 Å². The molecule has 0 aliphatic heterocycles. The number of halogens is 15. The molecular formula is C72H45BF15FeN2P3Si. The Labute approximate surface area is 551 Å². The number of hydrogen-bond donors (Lipinski definition) is 2. The van der Waals surface area contributed by atoms with Gasteiger partial charge < -0.3 is 11.2 Å². The SMILES string of the molecule is NN[B-](c1c(F)c(F)c(F)c(F)c1F)(c1c(F)c(F)c(F)c(F)c1F)c1c(F)c(F)c(F)c(F)c1F.[Fe+2].c1ccc(P(c2ccccc2)c2ccccc2[Si-](c2ccccc2P(c2ccccc2)c2ccccc2)c2ccccc2P(c2ccccc2)c2ccccc2)cc1. The maximum Gasteiger partial charge on any atom is 2.00 e. The van der Waals surface area contributed by atoms with Gasteiger partial charge in [-0.15, -0.1) is 16.4 Å². The maximum atomic E-state index is 14.7. The summed E-state index contributed by atoms with van der Waals surface area (Å²) in [6.45, 7) is 0. The van der Waals surface area contributed by atoms with Crippen LogP contribution in [0.15, 0.2) is 255 Å². The molecule has 0 heterocycles. The third-order valence-electron chi connectivity index (χ3n) is 15.6. The third-order valence-corrected chi connectivity index (χ3v) is 26.7. The Morgan fingerprint density at radius 3 is 0.568 bits per heavy atom. The molecule has 0 atom stereocenters. The Morgan fingerprint density at radius 2 is 0.389 bits per heavy atom. The van der Waals surface area contributed by atoms with Crippen LogP contribution < -0.4 is 90.9 Å². The Hall–Kier alpha value is -8.40. The monoisotopic (exact) mass is 1410 g/mol. The normalized spacial score (nSPS) is 11.4. The summed E-state index contributed by atoms with van der Waals surface area (Å²) in [4.78, 5) is 0. The summed E-state index contributed by atoms with van der Waals surface area (Å²) < 4.78 is 213. The molecule has 0 radical (unpaired) electrons. The fourth-order valence-corrected chi connectivity index (χ4v) is 23.2. The Bertz CT molecular complexity index is 4050. The topological polar surface area (TPSA) is 38.0 Å². The molecule has 0 saturated carbocycles. The molecule has 2 nitrogen and oxygen atoms in total. The van der Waals surface area contributed by atoms with E-state index in [1.54, 1.807) is 0 Å². The molecule has 0 aromatic heterocycles. The number of nitrogens with two attached hydrogens (primary N) is 1. The molecule has 0 saturated heterocycles. The summed E-state index contributed by atoms with van der Waals surface area (Å²) in [6.07, 6.45) is -5.87. The second-order valence-electron chi connectivity index (χ2n) is 20.9. The minimum Gasteiger partial charge on any atom is -0.414 e. The van der Waals surface area contributed by atoms with Gasteiger partial charge in [0.25, 0.3) is 0 Å². The van der Waals surface area contributed by atoms with Crippen LogP contribution in [-0.4, -0.2) is 15.1 Å². The van der Waals surface area contributed by atoms with E-state index in [0.717, 1.165) is 5.34 Å². The first kappa shape index (κ1) is 69.4. The van der Waals surface area contributed by atoms with Crippen LogP contribution in [0.25, 0.3) is 0 Å². The first-order valence-corrected chi connectivity index (χ1v) is 34.0. The standard InChI is InChI=1S/C54H42P3Si.C18H3BF15N2.Fe/c1-7-25-43(26-8-1)55(44-27-9-2-10-28-44)49-37-19-22-40-52(49)58(53-41-23-20-38-50(53)56(45-29-11-3-12-30-45)46-31-13-4-14-32-46)54-42-24-21-39-51(54)57(47-33-15-5-16-34-47)48-35-17-6-18-36-48;20-4-1(5(21)11(27)16(32)10(4)26)19(36-35,2-6(22)12(28)17(33)13(29)7(2)23)3-8(24)14(30)18(34)15(31)9(3)25;/h1-42H;36H,35H2;/q2*-1;+2. The van der Waals surface area contributed by atoms with Gasteiger partial charge in [0.15, 0.2) is 58.6 Å². The van der Waals surface area contributed by atoms with Gasteiger partial charge in [-0.25, -0.2) is 74.7 Å². The Morgan fingerprint density at radius 1 is 0.232 bits per heavy atom. The van der Waals surface area contributed by atoms with Crippen molar-refractivity contribution in [2.45, 2.75) is 0 Å². The summed E-state index contributed by atoms with van der Waals surface area (Å²) >= 11 is 0. The second kappa shape index (κ2) is 30.1. The van der Waals surface area contributed by atoms with Crippen molar-refractivity contribution in [1.29, 1.82) is 0 Å². The first-order valence-electron chi connectivity index (χ1n) is 28.5. The van der Waals surface area contributed by atoms with E-state index in [2.05, 4.69) is 255 Å². The van der Waals surface area contributed by atoms with Crippen molar-refractivity contribution >= 4 is 119 Å². The summed E-state index contributed by atoms with van der Waals surface area (Å²) in [6, 6.07) is 95.6. The summed E-state index contributed by atoms with van der Waals surface area (Å²) in [5.41, 5.74) is -8.50. The van der Waals surface area contributed by atoms with Crippen LogP contribution >= 0.6 is 23.8 Å². The van der Waals surface area contributed by atoms with Crippen LogP contribution in [0.1, 0.15) is 0 Å². The van der Waals surface area contributed by atoms with Gasteiger partial charge in [0.05, 0.1) is 0 Å². The van der Waals surface area contributed by atoms with E-state index in [4.69, 9.17) is 5.84 Å². The summed E-state index contributed by atoms with van der Waals surface area (Å²) in [7, 11) is -4.30. The molecule has 12 rings (SSSR count). The van der Waals surface area contributed by atoms with E-state index in [0.29, 0.717) is 0 Å². The Kier molecular flexibility index (Phi) is 22.0. The van der Waals surface area contributed by atoms with E-state index in [-0.39, 0.29) is 17.1 Å². The van der Waals surface area contributed by atoms with Crippen molar-refractivity contribution in [3.8, 4) is 0 Å². The fourth-order valence-electron chi connectivity index (χ4n) is 11.5. The molecule has 0 bridgehead atoms. The largest absolute Gasteiger partial charge is 2.00 e. The van der Waals surface area contributed by atoms with Crippen molar-refractivity contribution in [1.82, 2.24) is 5.34 Å². The average Bonchev–Trinajstić information content (AvgIpc) is 0.704. The van der Waals surface area contributed by atoms with Crippen LogP contribution in [0.5, 0.6) is 0 Å². The van der Waals surface area contributed by atoms with Gasteiger partial charge >= 0.3 is 17.1 Å². The quantitative estimate of drug-likeness (QED) is 0.0148. The van der Waals surface area contributed by atoms with Crippen molar-refractivity contribution in [3.05, 3.63) is 342 Å². The number of hydrazine groups is 1. The van der Waals surface area contributed by atoms with Gasteiger partial charge in [0.1, 0.15) is 34.9 Å². The number of rotatable bonds is 16. The molecule has 12 aromatic carbocycles. The minimum absolute atomic E-state index is 0. The predicted octanol–water partition coefficient (Wildman–Crippen LogP) is 10.7. The van der Waals surface area contributed by atoms with E-state index in [1.165, 1.54) is 63.3 Å². The number of hydrogen-bond acceptors (Lipinski definition) is 2. The maximum absolute atomic E-state index is 14.7. The van der Waals surface area contributed by atoms with Crippen molar-refractivity contribution < 1.29 is 82.9 Å². The molecule has 0 spiro atoms. The first-order chi connectivity index (χ1) is 45.4. The number of benzene rings is 12. The van der Waals surface area contributed by atoms with Crippen LogP contribution in [0.3, 0.4) is 0 Å². The van der Waals surface area contributed by atoms with E-state index >= 15 is 0 Å². The Balaban J connectivity index is 0.000000230. The van der Waals surface area contributed by atoms with Gasteiger partial charge in [0.2, 0.25) is 0 Å². The van der Waals surface area contributed by atoms with Gasteiger partial charge in [-0.3, -0.25) is 0 Å². The molecule has 0 amide bonds. The zero-order chi connectivity index (χ0) is 66.5. The summed E-state index contributed by atoms with van der Waals surface area (Å²) in [5.74, 6) is -41.6.